The summed E-state index contributed by atoms with van der Waals surface area (Å²) < 4.78 is 10.2. The lowest BCUT2D eigenvalue weighted by Gasteiger charge is -2.11. The van der Waals surface area contributed by atoms with Crippen molar-refractivity contribution in [3.05, 3.63) is 17.0 Å². The zero-order chi connectivity index (χ0) is 8.55. The second-order valence-electron chi connectivity index (χ2n) is 2.95. The van der Waals surface area contributed by atoms with Gasteiger partial charge in [0.05, 0.1) is 18.9 Å². The summed E-state index contributed by atoms with van der Waals surface area (Å²) >= 11 is 0. The molecule has 4 heteroatoms. The van der Waals surface area contributed by atoms with Gasteiger partial charge < -0.3 is 14.4 Å². The molecule has 0 amide bonds. The minimum absolute atomic E-state index is 0.513. The lowest BCUT2D eigenvalue weighted by molar-refractivity contribution is 0.105. The van der Waals surface area contributed by atoms with Gasteiger partial charge in [-0.25, -0.2) is 0 Å². The summed E-state index contributed by atoms with van der Waals surface area (Å²) in [7, 11) is 0. The molecule has 1 unspecified atom stereocenters. The van der Waals surface area contributed by atoms with Crippen molar-refractivity contribution in [1.29, 1.82) is 0 Å². The number of ether oxygens (including phenoxy) is 1. The van der Waals surface area contributed by atoms with Gasteiger partial charge in [-0.05, 0) is 6.92 Å². The Morgan fingerprint density at radius 1 is 1.58 bits per heavy atom. The van der Waals surface area contributed by atoms with E-state index >= 15 is 0 Å². The molecule has 4 nitrogen and oxygen atoms in total. The van der Waals surface area contributed by atoms with E-state index in [1.54, 1.807) is 6.92 Å². The van der Waals surface area contributed by atoms with Crippen LogP contribution in [0, 0.1) is 0 Å². The third-order valence-corrected chi connectivity index (χ3v) is 2.01. The van der Waals surface area contributed by atoms with Crippen molar-refractivity contribution < 1.29 is 14.4 Å². The minimum atomic E-state index is -0.594. The molecule has 0 bridgehead atoms. The number of rotatable bonds is 1. The van der Waals surface area contributed by atoms with Crippen molar-refractivity contribution >= 4 is 0 Å². The Hall–Kier alpha value is -0.870. The van der Waals surface area contributed by atoms with Crippen LogP contribution in [0.3, 0.4) is 0 Å². The van der Waals surface area contributed by atoms with Crippen LogP contribution in [-0.2, 0) is 17.8 Å². The molecule has 12 heavy (non-hydrogen) atoms. The average molecular weight is 169 g/mol. The summed E-state index contributed by atoms with van der Waals surface area (Å²) in [6, 6.07) is 0. The second-order valence-corrected chi connectivity index (χ2v) is 2.95. The van der Waals surface area contributed by atoms with Gasteiger partial charge in [-0.1, -0.05) is 5.16 Å². The molecule has 1 atom stereocenters. The number of aromatic nitrogens is 1. The van der Waals surface area contributed by atoms with Gasteiger partial charge in [0.15, 0.2) is 5.76 Å². The Bertz CT molecular complexity index is 280. The summed E-state index contributed by atoms with van der Waals surface area (Å²) in [5, 5.41) is 13.1. The second kappa shape index (κ2) is 2.88. The van der Waals surface area contributed by atoms with Gasteiger partial charge in [-0.2, -0.15) is 0 Å². The Labute approximate surface area is 70.1 Å². The predicted octanol–water partition coefficient (Wildman–Crippen LogP) is 0.801. The molecule has 0 saturated heterocycles. The number of aliphatic hydroxyl groups is 1. The van der Waals surface area contributed by atoms with E-state index in [2.05, 4.69) is 5.16 Å². The fourth-order valence-corrected chi connectivity index (χ4v) is 1.38. The van der Waals surface area contributed by atoms with Crippen LogP contribution in [0.1, 0.15) is 30.0 Å². The van der Waals surface area contributed by atoms with Crippen LogP contribution in [0.2, 0.25) is 0 Å². The molecule has 1 aliphatic heterocycles. The predicted molar refractivity (Wildman–Crippen MR) is 40.5 cm³/mol. The topological polar surface area (TPSA) is 55.5 Å². The van der Waals surface area contributed by atoms with E-state index in [1.165, 1.54) is 0 Å². The van der Waals surface area contributed by atoms with Crippen molar-refractivity contribution in [3.63, 3.8) is 0 Å². The number of aliphatic hydroxyl groups excluding tert-OH is 1. The van der Waals surface area contributed by atoms with E-state index in [-0.39, 0.29) is 0 Å². The maximum atomic E-state index is 9.28. The van der Waals surface area contributed by atoms with E-state index < -0.39 is 6.10 Å². The molecule has 0 fully saturated rings. The summed E-state index contributed by atoms with van der Waals surface area (Å²) in [5.74, 6) is 0.546. The molecule has 66 valence electrons. The van der Waals surface area contributed by atoms with Gasteiger partial charge in [0.2, 0.25) is 0 Å². The molecule has 1 N–H and O–H groups in total. The highest BCUT2D eigenvalue weighted by atomic mass is 16.5. The highest BCUT2D eigenvalue weighted by Crippen LogP contribution is 2.24. The van der Waals surface area contributed by atoms with Crippen LogP contribution in [-0.4, -0.2) is 16.9 Å². The molecule has 2 rings (SSSR count). The third-order valence-electron chi connectivity index (χ3n) is 2.01. The zero-order valence-electron chi connectivity index (χ0n) is 6.91. The van der Waals surface area contributed by atoms with E-state index in [4.69, 9.17) is 9.26 Å². The highest BCUT2D eigenvalue weighted by molar-refractivity contribution is 5.25. The van der Waals surface area contributed by atoms with Crippen molar-refractivity contribution in [2.24, 2.45) is 0 Å². The van der Waals surface area contributed by atoms with E-state index in [0.717, 1.165) is 17.7 Å². The summed E-state index contributed by atoms with van der Waals surface area (Å²) in [6.07, 6.45) is 0.189. The molecular formula is C8H11NO3. The molecule has 1 aliphatic rings. The summed E-state index contributed by atoms with van der Waals surface area (Å²) in [6.45, 7) is 2.87. The summed E-state index contributed by atoms with van der Waals surface area (Å²) in [5.41, 5.74) is 1.86. The fraction of sp³-hybridized carbons (Fsp3) is 0.625. The van der Waals surface area contributed by atoms with Gasteiger partial charge in [0.1, 0.15) is 6.10 Å². The van der Waals surface area contributed by atoms with Crippen LogP contribution < -0.4 is 0 Å². The number of hydrogen-bond donors (Lipinski definition) is 1. The molecule has 1 aromatic heterocycles. The van der Waals surface area contributed by atoms with Gasteiger partial charge in [0, 0.05) is 12.0 Å². The normalized spacial score (nSPS) is 18.8. The first-order valence-electron chi connectivity index (χ1n) is 4.02. The molecule has 0 aliphatic carbocycles. The zero-order valence-corrected chi connectivity index (χ0v) is 6.91. The molecule has 0 aromatic carbocycles. The maximum absolute atomic E-state index is 9.28. The lowest BCUT2D eigenvalue weighted by Crippen LogP contribution is -2.10. The van der Waals surface area contributed by atoms with Crippen molar-refractivity contribution in [1.82, 2.24) is 5.16 Å². The molecule has 2 heterocycles. The standard InChI is InChI=1S/C8H11NO3/c1-5(10)8-6-4-11-3-2-7(6)9-12-8/h5,10H,2-4H2,1H3. The lowest BCUT2D eigenvalue weighted by atomic mass is 10.1. The minimum Gasteiger partial charge on any atom is -0.385 e. The molecule has 0 radical (unpaired) electrons. The van der Waals surface area contributed by atoms with Crippen molar-refractivity contribution in [2.75, 3.05) is 6.61 Å². The van der Waals surface area contributed by atoms with Gasteiger partial charge >= 0.3 is 0 Å². The van der Waals surface area contributed by atoms with Crippen LogP contribution in [0.5, 0.6) is 0 Å². The van der Waals surface area contributed by atoms with E-state index in [1.807, 2.05) is 0 Å². The molecule has 0 saturated carbocycles. The molecular weight excluding hydrogens is 158 g/mol. The van der Waals surface area contributed by atoms with Crippen LogP contribution in [0.15, 0.2) is 4.52 Å². The SMILES string of the molecule is CC(O)c1onc2c1COCC2. The average Bonchev–Trinajstić information content (AvgIpc) is 2.47. The summed E-state index contributed by atoms with van der Waals surface area (Å²) in [4.78, 5) is 0. The third kappa shape index (κ3) is 1.13. The smallest absolute Gasteiger partial charge is 0.170 e. The number of nitrogens with zero attached hydrogens (tertiary/aromatic N) is 1. The number of fused-ring (bicyclic) bond motifs is 1. The maximum Gasteiger partial charge on any atom is 0.170 e. The van der Waals surface area contributed by atoms with Crippen LogP contribution in [0.25, 0.3) is 0 Å². The first-order valence-corrected chi connectivity index (χ1v) is 4.02. The molecule has 0 spiro atoms. The van der Waals surface area contributed by atoms with Crippen LogP contribution in [0.4, 0.5) is 0 Å². The number of hydrogen-bond acceptors (Lipinski definition) is 4. The van der Waals surface area contributed by atoms with Crippen molar-refractivity contribution in [3.8, 4) is 0 Å². The van der Waals surface area contributed by atoms with Gasteiger partial charge in [-0.15, -0.1) is 0 Å². The van der Waals surface area contributed by atoms with E-state index in [9.17, 15) is 5.11 Å². The first kappa shape index (κ1) is 7.76. The quantitative estimate of drug-likeness (QED) is 0.675. The van der Waals surface area contributed by atoms with Crippen LogP contribution >= 0.6 is 0 Å². The Morgan fingerprint density at radius 2 is 2.42 bits per heavy atom. The molecule has 1 aromatic rings. The Kier molecular flexibility index (Phi) is 1.86. The fourth-order valence-electron chi connectivity index (χ4n) is 1.38. The monoisotopic (exact) mass is 169 g/mol. The van der Waals surface area contributed by atoms with Gasteiger partial charge in [0.25, 0.3) is 0 Å². The van der Waals surface area contributed by atoms with E-state index in [0.29, 0.717) is 19.0 Å². The van der Waals surface area contributed by atoms with Gasteiger partial charge in [-0.3, -0.25) is 0 Å². The highest BCUT2D eigenvalue weighted by Gasteiger charge is 2.22. The largest absolute Gasteiger partial charge is 0.385 e. The Balaban J connectivity index is 2.38. The Morgan fingerprint density at radius 3 is 3.17 bits per heavy atom. The first-order chi connectivity index (χ1) is 5.79. The van der Waals surface area contributed by atoms with Crippen molar-refractivity contribution in [2.45, 2.75) is 26.1 Å².